The van der Waals surface area contributed by atoms with E-state index in [0.29, 0.717) is 57.4 Å². The maximum Gasteiger partial charge on any atom is 0.338 e. The van der Waals surface area contributed by atoms with Gasteiger partial charge in [-0.2, -0.15) is 0 Å². The summed E-state index contributed by atoms with van der Waals surface area (Å²) in [6, 6.07) is 31.3. The van der Waals surface area contributed by atoms with Crippen LogP contribution in [-0.4, -0.2) is 178 Å². The third-order valence-corrected chi connectivity index (χ3v) is 14.7. The number of ether oxygens (including phenoxy) is 8. The number of carbonyl (C=O) groups is 8. The van der Waals surface area contributed by atoms with E-state index in [-0.39, 0.29) is 66.7 Å². The number of rotatable bonds is 23. The Balaban J connectivity index is 0.000000192. The molecule has 3 aliphatic rings. The molecule has 0 spiro atoms. The lowest BCUT2D eigenvalue weighted by molar-refractivity contribution is -0.137. The van der Waals surface area contributed by atoms with Crippen LogP contribution in [0.15, 0.2) is 134 Å². The number of piperidine rings is 2. The molecule has 7 heterocycles. The van der Waals surface area contributed by atoms with Gasteiger partial charge >= 0.3 is 11.9 Å². The maximum absolute atomic E-state index is 13.0. The quantitative estimate of drug-likeness (QED) is 0.0387. The first kappa shape index (κ1) is 65.7. The number of aromatic nitrogens is 4. The zero-order valence-electron chi connectivity index (χ0n) is 51.6. The molecule has 2 unspecified atom stereocenters. The third kappa shape index (κ3) is 16.6. The Morgan fingerprint density at radius 1 is 0.511 bits per heavy atom. The van der Waals surface area contributed by atoms with Gasteiger partial charge in [0.05, 0.1) is 80.3 Å². The van der Waals surface area contributed by atoms with Crippen LogP contribution in [-0.2, 0) is 38.1 Å². The van der Waals surface area contributed by atoms with Crippen LogP contribution < -0.4 is 45.1 Å². The van der Waals surface area contributed by atoms with Crippen LogP contribution in [0.3, 0.4) is 0 Å². The van der Waals surface area contributed by atoms with Crippen LogP contribution >= 0.6 is 0 Å². The highest BCUT2D eigenvalue weighted by Crippen LogP contribution is 2.31. The van der Waals surface area contributed by atoms with Crippen molar-refractivity contribution >= 4 is 70.1 Å². The number of carbonyl (C=O) groups excluding carboxylic acids is 8. The molecule has 0 aliphatic carbocycles. The van der Waals surface area contributed by atoms with E-state index in [9.17, 15) is 38.4 Å². The minimum Gasteiger partial charge on any atom is -0.491 e. The summed E-state index contributed by atoms with van der Waals surface area (Å²) < 4.78 is 47.5. The van der Waals surface area contributed by atoms with Crippen LogP contribution in [0.1, 0.15) is 67.1 Å². The maximum atomic E-state index is 13.0. The van der Waals surface area contributed by atoms with E-state index in [0.717, 1.165) is 61.6 Å². The second-order valence-corrected chi connectivity index (χ2v) is 21.4. The van der Waals surface area contributed by atoms with Gasteiger partial charge in [-0.15, -0.1) is 0 Å². The Morgan fingerprint density at radius 3 is 1.41 bits per heavy atom. The Morgan fingerprint density at radius 2 is 0.946 bits per heavy atom. The first-order valence-electron chi connectivity index (χ1n) is 29.3. The number of methoxy groups -OCH3 is 2. The van der Waals surface area contributed by atoms with Gasteiger partial charge in [-0.1, -0.05) is 0 Å². The standard InChI is InChI=1S/C32H31N5O7.C29H31N3O7.C5H8N2O2/c1-35(2)21-11-12-36-19-26(33-28(36)17-21)20-3-5-22(6-4-20)43-15-13-42-14-16-44-23-7-8-24-25(18-23)32(41)37(31(24)40)27-9-10-29(38)34-30(27)39;1-31(2)21-11-12-32-19-26(30-27(32)17-21)20-5-7-22(8-6-20)38-15-13-37-14-16-39-23-9-10-24(28(33)35-3)25(18-23)29(34)36-4;6-3-1-2-4(8)7-5(3)9/h3-8,11-12,17-19,27H,9-10,13-16H2,1-2H3,(H,34,38,39);5-12,17-19H,13-16H2,1-4H3;3H,1-2,6H2,(H,7,8,9). The summed E-state index contributed by atoms with van der Waals surface area (Å²) in [5, 5.41) is 4.31. The molecule has 0 radical (unpaired) electrons. The van der Waals surface area contributed by atoms with E-state index in [4.69, 9.17) is 53.6 Å². The summed E-state index contributed by atoms with van der Waals surface area (Å²) >= 11 is 0. The molecule has 92 heavy (non-hydrogen) atoms. The van der Waals surface area contributed by atoms with Gasteiger partial charge in [0, 0.05) is 100 Å². The number of hydrogen-bond acceptors (Lipinski definition) is 21. The molecule has 2 atom stereocenters. The predicted octanol–water partition coefficient (Wildman–Crippen LogP) is 5.81. The molecule has 4 N–H and O–H groups in total. The average molecular weight is 1260 g/mol. The average Bonchev–Trinajstić information content (AvgIpc) is 1.65. The van der Waals surface area contributed by atoms with Gasteiger partial charge in [0.2, 0.25) is 23.6 Å². The van der Waals surface area contributed by atoms with Gasteiger partial charge < -0.3 is 62.2 Å². The lowest BCUT2D eigenvalue weighted by atomic mass is 10.0. The SMILES string of the molecule is CN(C)c1ccn2cc(-c3ccc(OCCOCCOc4ccc5c(c4)C(=O)N(C4CCC(=O)NC4=O)C5=O)cc3)nc2c1.COC(=O)c1ccc(OCCOCCOc2ccc(-c3cn4ccc(N(C)C)cc4n3)cc2)cc1C(=O)OC.NC1CCC(=O)NC1=O. The lowest BCUT2D eigenvalue weighted by Gasteiger charge is -2.27. The summed E-state index contributed by atoms with van der Waals surface area (Å²) in [4.78, 5) is 109. The number of esters is 2. The number of imidazole rings is 2. The number of nitrogens with two attached hydrogens (primary N) is 1. The molecule has 6 amide bonds. The van der Waals surface area contributed by atoms with Gasteiger partial charge in [0.25, 0.3) is 11.8 Å². The number of nitrogens with one attached hydrogen (secondary N) is 2. The topological polar surface area (TPSA) is 305 Å². The number of benzene rings is 4. The van der Waals surface area contributed by atoms with Crippen molar-refractivity contribution < 1.29 is 76.3 Å². The molecule has 4 aromatic heterocycles. The van der Waals surface area contributed by atoms with Gasteiger partial charge in [-0.3, -0.25) is 44.3 Å². The molecule has 480 valence electrons. The third-order valence-electron chi connectivity index (χ3n) is 14.7. The van der Waals surface area contributed by atoms with E-state index >= 15 is 0 Å². The molecule has 11 rings (SSSR count). The summed E-state index contributed by atoms with van der Waals surface area (Å²) in [6.07, 6.45) is 9.02. The van der Waals surface area contributed by atoms with Crippen LogP contribution in [0.5, 0.6) is 23.0 Å². The Kier molecular flexibility index (Phi) is 21.9. The van der Waals surface area contributed by atoms with Crippen molar-refractivity contribution in [3.05, 3.63) is 156 Å². The monoisotopic (exact) mass is 1260 g/mol. The number of pyridine rings is 2. The van der Waals surface area contributed by atoms with Crippen LogP contribution in [0.2, 0.25) is 0 Å². The molecule has 4 aromatic carbocycles. The zero-order valence-corrected chi connectivity index (χ0v) is 51.6. The molecule has 2 fully saturated rings. The smallest absolute Gasteiger partial charge is 0.338 e. The van der Waals surface area contributed by atoms with Crippen molar-refractivity contribution in [2.45, 2.75) is 37.8 Å². The molecule has 26 heteroatoms. The van der Waals surface area contributed by atoms with E-state index in [1.807, 2.05) is 144 Å². The number of hydrogen-bond donors (Lipinski definition) is 3. The first-order chi connectivity index (χ1) is 44.4. The summed E-state index contributed by atoms with van der Waals surface area (Å²) in [7, 11) is 10.5. The minimum absolute atomic E-state index is 0.0672. The van der Waals surface area contributed by atoms with Crippen molar-refractivity contribution in [1.29, 1.82) is 0 Å². The molecular formula is C66H70N10O16. The fraction of sp³-hybridized carbons (Fsp3) is 0.303. The fourth-order valence-electron chi connectivity index (χ4n) is 9.73. The Bertz CT molecular complexity index is 4000. The van der Waals surface area contributed by atoms with Crippen LogP contribution in [0, 0.1) is 0 Å². The van der Waals surface area contributed by atoms with Crippen molar-refractivity contribution in [3.8, 4) is 45.5 Å². The van der Waals surface area contributed by atoms with E-state index < -0.39 is 47.7 Å². The normalized spacial score (nSPS) is 15.1. The molecule has 0 bridgehead atoms. The fourth-order valence-corrected chi connectivity index (χ4v) is 9.73. The summed E-state index contributed by atoms with van der Waals surface area (Å²) in [6.45, 7) is 2.54. The molecule has 26 nitrogen and oxygen atoms in total. The Labute approximate surface area is 529 Å². The first-order valence-corrected chi connectivity index (χ1v) is 29.3. The molecule has 3 aliphatic heterocycles. The molecule has 8 aromatic rings. The number of imide groups is 3. The molecule has 2 saturated heterocycles. The second-order valence-electron chi connectivity index (χ2n) is 21.4. The van der Waals surface area contributed by atoms with Crippen molar-refractivity contribution in [2.24, 2.45) is 5.73 Å². The van der Waals surface area contributed by atoms with Gasteiger partial charge in [0.15, 0.2) is 0 Å². The van der Waals surface area contributed by atoms with Crippen molar-refractivity contribution in [2.75, 3.05) is 105 Å². The number of nitrogens with zero attached hydrogens (tertiary/aromatic N) is 7. The van der Waals surface area contributed by atoms with Crippen molar-refractivity contribution in [3.63, 3.8) is 0 Å². The summed E-state index contributed by atoms with van der Waals surface area (Å²) in [5.41, 5.74) is 13.5. The largest absolute Gasteiger partial charge is 0.491 e. The number of amides is 6. The van der Waals surface area contributed by atoms with Gasteiger partial charge in [-0.25, -0.2) is 19.6 Å². The van der Waals surface area contributed by atoms with Gasteiger partial charge in [0.1, 0.15) is 66.8 Å². The number of anilines is 2. The zero-order chi connectivity index (χ0) is 65.4. The van der Waals surface area contributed by atoms with E-state index in [1.165, 1.54) is 38.5 Å². The van der Waals surface area contributed by atoms with E-state index in [1.54, 1.807) is 12.1 Å². The Hall–Kier alpha value is -10.7. The highest BCUT2D eigenvalue weighted by Gasteiger charge is 2.45. The lowest BCUT2D eigenvalue weighted by Crippen LogP contribution is -2.54. The predicted molar refractivity (Wildman–Crippen MR) is 336 cm³/mol. The van der Waals surface area contributed by atoms with Crippen LogP contribution in [0.4, 0.5) is 11.4 Å². The molecular weight excluding hydrogens is 1190 g/mol. The van der Waals surface area contributed by atoms with E-state index in [2.05, 4.69) is 10.6 Å². The molecule has 0 saturated carbocycles. The highest BCUT2D eigenvalue weighted by molar-refractivity contribution is 6.23. The minimum atomic E-state index is -1.01. The second kappa shape index (κ2) is 30.7. The van der Waals surface area contributed by atoms with Crippen LogP contribution in [0.25, 0.3) is 33.8 Å². The number of fused-ring (bicyclic) bond motifs is 3. The highest BCUT2D eigenvalue weighted by atomic mass is 16.6. The summed E-state index contributed by atoms with van der Waals surface area (Å²) in [5.74, 6) is -1.80. The van der Waals surface area contributed by atoms with Crippen molar-refractivity contribution in [1.82, 2.24) is 34.3 Å². The van der Waals surface area contributed by atoms with Gasteiger partial charge in [-0.05, 0) is 110 Å².